The van der Waals surface area contributed by atoms with Crippen LogP contribution in [0.2, 0.25) is 0 Å². The van der Waals surface area contributed by atoms with E-state index in [9.17, 15) is 0 Å². The van der Waals surface area contributed by atoms with Crippen LogP contribution in [-0.2, 0) is 0 Å². The van der Waals surface area contributed by atoms with E-state index in [0.717, 1.165) is 0 Å². The molecular formula is C18H11BrN2. The van der Waals surface area contributed by atoms with Gasteiger partial charge in [-0.25, -0.2) is 9.97 Å². The van der Waals surface area contributed by atoms with Gasteiger partial charge >= 0.3 is 0 Å². The van der Waals surface area contributed by atoms with Crippen LogP contribution in [0, 0.1) is 0 Å². The highest BCUT2D eigenvalue weighted by molar-refractivity contribution is 9.10. The zero-order chi connectivity index (χ0) is 23.8. The highest BCUT2D eigenvalue weighted by Crippen LogP contribution is 2.27. The molecule has 0 radical (unpaired) electrons. The minimum atomic E-state index is -0.630. The minimum Gasteiger partial charge on any atom is -0.245 e. The van der Waals surface area contributed by atoms with Gasteiger partial charge in [-0.1, -0.05) is 54.4 Å². The van der Waals surface area contributed by atoms with E-state index in [1.165, 1.54) is 0 Å². The van der Waals surface area contributed by atoms with E-state index in [4.69, 9.17) is 15.1 Å². The van der Waals surface area contributed by atoms with Crippen molar-refractivity contribution >= 4 is 37.7 Å². The Labute approximate surface area is 146 Å². The summed E-state index contributed by atoms with van der Waals surface area (Å²) in [5, 5.41) is -0.340. The fraction of sp³-hybridized carbons (Fsp3) is 0. The van der Waals surface area contributed by atoms with E-state index in [1.807, 2.05) is 0 Å². The molecule has 2 nitrogen and oxygen atoms in total. The lowest BCUT2D eigenvalue weighted by molar-refractivity contribution is 1.34. The fourth-order valence-electron chi connectivity index (χ4n) is 1.87. The maximum Gasteiger partial charge on any atom is 0.106 e. The predicted octanol–water partition coefficient (Wildman–Crippen LogP) is 5.21. The normalized spacial score (nSPS) is 18.4. The van der Waals surface area contributed by atoms with Crippen LogP contribution in [0.5, 0.6) is 0 Å². The molecule has 21 heavy (non-hydrogen) atoms. The van der Waals surface area contributed by atoms with E-state index in [-0.39, 0.29) is 49.8 Å². The monoisotopic (exact) mass is 345 g/mol. The van der Waals surface area contributed by atoms with Crippen LogP contribution in [0.3, 0.4) is 0 Å². The Morgan fingerprint density at radius 2 is 1.33 bits per heavy atom. The second-order valence-corrected chi connectivity index (χ2v) is 4.81. The smallest absolute Gasteiger partial charge is 0.106 e. The van der Waals surface area contributed by atoms with Gasteiger partial charge in [-0.05, 0) is 28.0 Å². The summed E-state index contributed by atoms with van der Waals surface area (Å²) >= 11 is 3.07. The van der Waals surface area contributed by atoms with Gasteiger partial charge in [0.2, 0.25) is 0 Å². The van der Waals surface area contributed by atoms with Gasteiger partial charge in [0, 0.05) is 16.3 Å². The predicted molar refractivity (Wildman–Crippen MR) is 90.2 cm³/mol. The van der Waals surface area contributed by atoms with Crippen molar-refractivity contribution in [2.24, 2.45) is 0 Å². The van der Waals surface area contributed by atoms with Gasteiger partial charge in [0.15, 0.2) is 0 Å². The van der Waals surface area contributed by atoms with Crippen LogP contribution in [0.1, 0.15) is 15.1 Å². The van der Waals surface area contributed by atoms with Crippen LogP contribution in [0.4, 0.5) is 0 Å². The van der Waals surface area contributed by atoms with Crippen LogP contribution < -0.4 is 0 Å². The highest BCUT2D eigenvalue weighted by atomic mass is 79.9. The Morgan fingerprint density at radius 3 is 2.10 bits per heavy atom. The van der Waals surface area contributed by atoms with Crippen molar-refractivity contribution in [3.05, 3.63) is 71.1 Å². The Balaban J connectivity index is 2.29. The first-order valence-electron chi connectivity index (χ1n) is 11.3. The summed E-state index contributed by atoms with van der Waals surface area (Å²) in [6.07, 6.45) is 0. The third kappa shape index (κ3) is 2.20. The van der Waals surface area contributed by atoms with E-state index in [2.05, 4.69) is 25.9 Å². The lowest BCUT2D eigenvalue weighted by atomic mass is 10.1. The minimum absolute atomic E-state index is 0.0268. The van der Waals surface area contributed by atoms with E-state index in [0.29, 0.717) is 0 Å². The molecule has 100 valence electrons. The summed E-state index contributed by atoms with van der Waals surface area (Å²) < 4.78 is 89.4. The summed E-state index contributed by atoms with van der Waals surface area (Å²) in [5.41, 5.74) is -0.973. The molecule has 0 spiro atoms. The van der Waals surface area contributed by atoms with E-state index in [1.54, 1.807) is 0 Å². The first-order chi connectivity index (χ1) is 14.9. The van der Waals surface area contributed by atoms with Gasteiger partial charge < -0.3 is 0 Å². The highest BCUT2D eigenvalue weighted by Gasteiger charge is 2.06. The molecule has 0 fully saturated rings. The number of hydrogen-bond donors (Lipinski definition) is 0. The molecule has 0 atom stereocenters. The molecular weight excluding hydrogens is 324 g/mol. The van der Waals surface area contributed by atoms with Crippen molar-refractivity contribution in [3.63, 3.8) is 0 Å². The average molecular weight is 346 g/mol. The molecule has 0 N–H and O–H groups in total. The van der Waals surface area contributed by atoms with Gasteiger partial charge in [0.1, 0.15) is 4.60 Å². The molecule has 0 aliphatic heterocycles. The second-order valence-electron chi connectivity index (χ2n) is 4.06. The van der Waals surface area contributed by atoms with Crippen molar-refractivity contribution in [2.75, 3.05) is 0 Å². The molecule has 3 heteroatoms. The molecule has 0 unspecified atom stereocenters. The van der Waals surface area contributed by atoms with Crippen molar-refractivity contribution in [2.45, 2.75) is 0 Å². The van der Waals surface area contributed by atoms with Gasteiger partial charge in [-0.15, -0.1) is 0 Å². The molecule has 0 aliphatic rings. The standard InChI is InChI=1S/C18H11BrN2/c19-16-11-9-14-7-6-13-8-10-15(12-4-2-1-3-5-12)20-17(13)18(14)21-16/h1-11H/i1D,2D,3D,4D,5D,6D,7D,8D,9D,10D,11D. The summed E-state index contributed by atoms with van der Waals surface area (Å²) in [4.78, 5) is 8.44. The lowest BCUT2D eigenvalue weighted by Crippen LogP contribution is -1.89. The van der Waals surface area contributed by atoms with E-state index >= 15 is 0 Å². The molecule has 0 saturated heterocycles. The molecule has 0 amide bonds. The summed E-state index contributed by atoms with van der Waals surface area (Å²) in [6, 6.07) is -5.81. The van der Waals surface area contributed by atoms with Crippen LogP contribution in [0.25, 0.3) is 33.1 Å². The Bertz CT molecular complexity index is 1470. The molecule has 0 bridgehead atoms. The largest absolute Gasteiger partial charge is 0.245 e. The molecule has 0 saturated carbocycles. The maximum atomic E-state index is 8.42. The average Bonchev–Trinajstić information content (AvgIpc) is 2.75. The van der Waals surface area contributed by atoms with Gasteiger partial charge in [0.05, 0.1) is 31.8 Å². The summed E-state index contributed by atoms with van der Waals surface area (Å²) in [7, 11) is 0. The molecule has 2 aromatic heterocycles. The number of fused-ring (bicyclic) bond motifs is 3. The molecule has 2 aromatic carbocycles. The number of pyridine rings is 2. The third-order valence-corrected chi connectivity index (χ3v) is 3.15. The molecule has 0 aliphatic carbocycles. The summed E-state index contributed by atoms with van der Waals surface area (Å²) in [6.45, 7) is 0. The first kappa shape index (κ1) is 5.50. The number of benzene rings is 2. The van der Waals surface area contributed by atoms with Gasteiger partial charge in [0.25, 0.3) is 0 Å². The third-order valence-electron chi connectivity index (χ3n) is 2.78. The Hall–Kier alpha value is -2.26. The number of halogens is 1. The Morgan fingerprint density at radius 1 is 0.714 bits per heavy atom. The zero-order valence-electron chi connectivity index (χ0n) is 21.3. The Kier molecular flexibility index (Phi) is 1.29. The van der Waals surface area contributed by atoms with Crippen LogP contribution in [0.15, 0.2) is 71.1 Å². The quantitative estimate of drug-likeness (QED) is 0.349. The number of nitrogens with zero attached hydrogens (tertiary/aromatic N) is 2. The number of rotatable bonds is 1. The summed E-state index contributed by atoms with van der Waals surface area (Å²) in [5.74, 6) is 0. The van der Waals surface area contributed by atoms with Crippen molar-refractivity contribution < 1.29 is 15.1 Å². The van der Waals surface area contributed by atoms with Gasteiger partial charge in [-0.2, -0.15) is 0 Å². The second kappa shape index (κ2) is 4.93. The van der Waals surface area contributed by atoms with E-state index < -0.39 is 54.4 Å². The first-order valence-corrected chi connectivity index (χ1v) is 6.63. The number of aromatic nitrogens is 2. The van der Waals surface area contributed by atoms with Crippen LogP contribution >= 0.6 is 15.9 Å². The van der Waals surface area contributed by atoms with Gasteiger partial charge in [-0.3, -0.25) is 0 Å². The number of hydrogen-bond acceptors (Lipinski definition) is 2. The van der Waals surface area contributed by atoms with Crippen molar-refractivity contribution in [1.29, 1.82) is 0 Å². The zero-order valence-corrected chi connectivity index (χ0v) is 11.9. The molecule has 4 rings (SSSR count). The van der Waals surface area contributed by atoms with Crippen LogP contribution in [-0.4, -0.2) is 9.97 Å². The maximum absolute atomic E-state index is 8.42. The fourth-order valence-corrected chi connectivity index (χ4v) is 2.14. The SMILES string of the molecule is [2H]c1c([2H])c([2H])c(-c2nc3c(c([2H])c2[2H])c([2H])c([2H])c2c([2H])c([2H])c(Br)nc23)c([2H])c1[2H]. The molecule has 4 aromatic rings. The van der Waals surface area contributed by atoms with Crippen molar-refractivity contribution in [1.82, 2.24) is 9.97 Å². The molecule has 2 heterocycles. The topological polar surface area (TPSA) is 25.8 Å². The lowest BCUT2D eigenvalue weighted by Gasteiger charge is -2.06. The van der Waals surface area contributed by atoms with Crippen molar-refractivity contribution in [3.8, 4) is 11.3 Å².